The van der Waals surface area contributed by atoms with Crippen LogP contribution in [0, 0.1) is 5.82 Å². The Morgan fingerprint density at radius 1 is 1.19 bits per heavy atom. The predicted molar refractivity (Wildman–Crippen MR) is 84.3 cm³/mol. The highest BCUT2D eigenvalue weighted by Gasteiger charge is 2.09. The fourth-order valence-corrected chi connectivity index (χ4v) is 2.16. The first-order valence-electron chi connectivity index (χ1n) is 6.59. The summed E-state index contributed by atoms with van der Waals surface area (Å²) in [7, 11) is 0. The lowest BCUT2D eigenvalue weighted by Gasteiger charge is -2.15. The van der Waals surface area contributed by atoms with Gasteiger partial charge in [0.25, 0.3) is 0 Å². The molecule has 0 spiro atoms. The Bertz CT molecular complexity index is 616. The van der Waals surface area contributed by atoms with Crippen LogP contribution >= 0.6 is 15.9 Å². The summed E-state index contributed by atoms with van der Waals surface area (Å²) in [4.78, 5) is 11.8. The minimum Gasteiger partial charge on any atom is -0.334 e. The number of carbonyl (C=O) groups excluding carboxylic acids is 1. The third-order valence-electron chi connectivity index (χ3n) is 3.11. The highest BCUT2D eigenvalue weighted by Crippen LogP contribution is 2.16. The first kappa shape index (κ1) is 15.5. The fraction of sp³-hybridized carbons (Fsp3) is 0.188. The molecule has 2 rings (SSSR count). The van der Waals surface area contributed by atoms with Crippen molar-refractivity contribution in [3.63, 3.8) is 0 Å². The Hall–Kier alpha value is -1.88. The zero-order chi connectivity index (χ0) is 15.2. The molecule has 0 aliphatic heterocycles. The molecule has 0 aliphatic rings. The van der Waals surface area contributed by atoms with Gasteiger partial charge in [-0.1, -0.05) is 46.3 Å². The third kappa shape index (κ3) is 4.56. The van der Waals surface area contributed by atoms with E-state index >= 15 is 0 Å². The van der Waals surface area contributed by atoms with Crippen LogP contribution in [0.3, 0.4) is 0 Å². The Morgan fingerprint density at radius 3 is 2.52 bits per heavy atom. The van der Waals surface area contributed by atoms with Gasteiger partial charge in [0.2, 0.25) is 0 Å². The largest absolute Gasteiger partial charge is 0.334 e. The van der Waals surface area contributed by atoms with Crippen LogP contribution in [0.25, 0.3) is 0 Å². The third-order valence-corrected chi connectivity index (χ3v) is 3.64. The van der Waals surface area contributed by atoms with Crippen molar-refractivity contribution in [3.05, 3.63) is 69.9 Å². The normalized spacial score (nSPS) is 11.8. The van der Waals surface area contributed by atoms with Crippen LogP contribution < -0.4 is 10.6 Å². The summed E-state index contributed by atoms with van der Waals surface area (Å²) in [6, 6.07) is 13.6. The Labute approximate surface area is 131 Å². The number of nitrogens with one attached hydrogen (secondary N) is 2. The number of hydrogen-bond donors (Lipinski definition) is 2. The van der Waals surface area contributed by atoms with E-state index in [-0.39, 0.29) is 24.4 Å². The van der Waals surface area contributed by atoms with Crippen molar-refractivity contribution in [1.82, 2.24) is 10.6 Å². The molecule has 5 heteroatoms. The second-order valence-corrected chi connectivity index (χ2v) is 5.61. The van der Waals surface area contributed by atoms with E-state index in [1.165, 1.54) is 6.07 Å². The summed E-state index contributed by atoms with van der Waals surface area (Å²) in [5, 5.41) is 5.47. The van der Waals surface area contributed by atoms with Gasteiger partial charge in [0.05, 0.1) is 6.04 Å². The molecule has 0 fully saturated rings. The van der Waals surface area contributed by atoms with Gasteiger partial charge in [-0.15, -0.1) is 0 Å². The van der Waals surface area contributed by atoms with Crippen LogP contribution in [0.2, 0.25) is 0 Å². The van der Waals surface area contributed by atoms with E-state index in [1.54, 1.807) is 18.2 Å². The van der Waals surface area contributed by atoms with Gasteiger partial charge < -0.3 is 10.6 Å². The van der Waals surface area contributed by atoms with Gasteiger partial charge in [-0.2, -0.15) is 0 Å². The summed E-state index contributed by atoms with van der Waals surface area (Å²) >= 11 is 3.37. The van der Waals surface area contributed by atoms with Crippen molar-refractivity contribution in [1.29, 1.82) is 0 Å². The lowest BCUT2D eigenvalue weighted by Crippen LogP contribution is -2.36. The molecule has 0 aliphatic carbocycles. The van der Waals surface area contributed by atoms with Gasteiger partial charge in [-0.25, -0.2) is 9.18 Å². The molecular formula is C16H16BrFN2O. The van der Waals surface area contributed by atoms with Crippen molar-refractivity contribution in [3.8, 4) is 0 Å². The molecule has 1 unspecified atom stereocenters. The van der Waals surface area contributed by atoms with E-state index in [4.69, 9.17) is 0 Å². The van der Waals surface area contributed by atoms with Crippen molar-refractivity contribution in [2.75, 3.05) is 0 Å². The Balaban J connectivity index is 1.87. The SMILES string of the molecule is CC(NC(=O)NCc1ccccc1F)c1ccc(Br)cc1. The van der Waals surface area contributed by atoms with Gasteiger partial charge in [-0.05, 0) is 30.7 Å². The second kappa shape index (κ2) is 7.22. The van der Waals surface area contributed by atoms with Gasteiger partial charge in [0, 0.05) is 16.6 Å². The summed E-state index contributed by atoms with van der Waals surface area (Å²) in [6.07, 6.45) is 0. The van der Waals surface area contributed by atoms with Crippen LogP contribution in [-0.2, 0) is 6.54 Å². The summed E-state index contributed by atoms with van der Waals surface area (Å²) in [5.41, 5.74) is 1.46. The molecular weight excluding hydrogens is 335 g/mol. The Morgan fingerprint density at radius 2 is 1.86 bits per heavy atom. The van der Waals surface area contributed by atoms with E-state index in [1.807, 2.05) is 31.2 Å². The van der Waals surface area contributed by atoms with Crippen LogP contribution in [0.15, 0.2) is 53.0 Å². The van der Waals surface area contributed by atoms with E-state index in [0.717, 1.165) is 10.0 Å². The van der Waals surface area contributed by atoms with E-state index in [9.17, 15) is 9.18 Å². The van der Waals surface area contributed by atoms with Crippen LogP contribution in [-0.4, -0.2) is 6.03 Å². The molecule has 0 heterocycles. The highest BCUT2D eigenvalue weighted by atomic mass is 79.9. The fourth-order valence-electron chi connectivity index (χ4n) is 1.90. The van der Waals surface area contributed by atoms with Crippen LogP contribution in [0.4, 0.5) is 9.18 Å². The van der Waals surface area contributed by atoms with Crippen LogP contribution in [0.5, 0.6) is 0 Å². The second-order valence-electron chi connectivity index (χ2n) is 4.69. The first-order valence-corrected chi connectivity index (χ1v) is 7.39. The molecule has 2 aromatic rings. The molecule has 21 heavy (non-hydrogen) atoms. The average Bonchev–Trinajstić information content (AvgIpc) is 2.47. The first-order chi connectivity index (χ1) is 10.1. The molecule has 0 saturated carbocycles. The van der Waals surface area contributed by atoms with Crippen molar-refractivity contribution in [2.24, 2.45) is 0 Å². The number of carbonyl (C=O) groups is 1. The minimum atomic E-state index is -0.325. The summed E-state index contributed by atoms with van der Waals surface area (Å²) in [6.45, 7) is 2.05. The molecule has 2 amide bonds. The molecule has 110 valence electrons. The van der Waals surface area contributed by atoms with E-state index in [0.29, 0.717) is 5.56 Å². The topological polar surface area (TPSA) is 41.1 Å². The highest BCUT2D eigenvalue weighted by molar-refractivity contribution is 9.10. The lowest BCUT2D eigenvalue weighted by molar-refractivity contribution is 0.237. The standard InChI is InChI=1S/C16H16BrFN2O/c1-11(12-6-8-14(17)9-7-12)20-16(21)19-10-13-4-2-3-5-15(13)18/h2-9,11H,10H2,1H3,(H2,19,20,21). The number of benzene rings is 2. The quantitative estimate of drug-likeness (QED) is 0.854. The van der Waals surface area contributed by atoms with Crippen molar-refractivity contribution in [2.45, 2.75) is 19.5 Å². The summed E-state index contributed by atoms with van der Waals surface area (Å²) in [5.74, 6) is -0.321. The molecule has 3 nitrogen and oxygen atoms in total. The number of urea groups is 1. The maximum Gasteiger partial charge on any atom is 0.315 e. The van der Waals surface area contributed by atoms with E-state index < -0.39 is 0 Å². The number of rotatable bonds is 4. The molecule has 0 saturated heterocycles. The zero-order valence-corrected chi connectivity index (χ0v) is 13.2. The van der Waals surface area contributed by atoms with Crippen molar-refractivity contribution < 1.29 is 9.18 Å². The predicted octanol–water partition coefficient (Wildman–Crippen LogP) is 4.15. The molecule has 1 atom stereocenters. The average molecular weight is 351 g/mol. The van der Waals surface area contributed by atoms with Gasteiger partial charge in [0.15, 0.2) is 0 Å². The van der Waals surface area contributed by atoms with E-state index in [2.05, 4.69) is 26.6 Å². The zero-order valence-electron chi connectivity index (χ0n) is 11.6. The molecule has 2 aromatic carbocycles. The maximum absolute atomic E-state index is 13.4. The number of hydrogen-bond acceptors (Lipinski definition) is 1. The monoisotopic (exact) mass is 350 g/mol. The van der Waals surface area contributed by atoms with Crippen molar-refractivity contribution >= 4 is 22.0 Å². The van der Waals surface area contributed by atoms with Gasteiger partial charge in [-0.3, -0.25) is 0 Å². The summed E-state index contributed by atoms with van der Waals surface area (Å²) < 4.78 is 14.4. The molecule has 2 N–H and O–H groups in total. The molecule has 0 aromatic heterocycles. The lowest BCUT2D eigenvalue weighted by atomic mass is 10.1. The van der Waals surface area contributed by atoms with Crippen LogP contribution in [0.1, 0.15) is 24.1 Å². The number of amides is 2. The van der Waals surface area contributed by atoms with Gasteiger partial charge >= 0.3 is 6.03 Å². The van der Waals surface area contributed by atoms with Gasteiger partial charge in [0.1, 0.15) is 5.82 Å². The number of halogens is 2. The smallest absolute Gasteiger partial charge is 0.315 e. The molecule has 0 bridgehead atoms. The molecule has 0 radical (unpaired) electrons. The maximum atomic E-state index is 13.4. The Kier molecular flexibility index (Phi) is 5.33. The minimum absolute atomic E-state index is 0.126.